The summed E-state index contributed by atoms with van der Waals surface area (Å²) in [7, 11) is 0.754. The van der Waals surface area contributed by atoms with E-state index in [1.165, 1.54) is 11.1 Å². The van der Waals surface area contributed by atoms with Crippen LogP contribution >= 0.6 is 12.9 Å². The topological polar surface area (TPSA) is 46.2 Å². The van der Waals surface area contributed by atoms with E-state index in [2.05, 4.69) is 37.1 Å². The van der Waals surface area contributed by atoms with Gasteiger partial charge in [-0.25, -0.2) is 0 Å². The average molecular weight is 343 g/mol. The van der Waals surface area contributed by atoms with E-state index in [0.29, 0.717) is 0 Å². The van der Waals surface area contributed by atoms with E-state index in [9.17, 15) is 0 Å². The molecule has 0 spiro atoms. The van der Waals surface area contributed by atoms with Crippen molar-refractivity contribution < 1.29 is 5.11 Å². The van der Waals surface area contributed by atoms with Crippen LogP contribution in [0.3, 0.4) is 0 Å². The smallest absolute Gasteiger partial charge is 0.396 e. The van der Waals surface area contributed by atoms with Crippen LogP contribution in [0.2, 0.25) is 0 Å². The molecule has 0 saturated heterocycles. The highest BCUT2D eigenvalue weighted by Crippen LogP contribution is 2.23. The summed E-state index contributed by atoms with van der Waals surface area (Å²) >= 11 is 4.64. The molecule has 3 N–H and O–H groups in total. The van der Waals surface area contributed by atoms with E-state index < -0.39 is 0 Å². The molecule has 0 aliphatic carbocycles. The van der Waals surface area contributed by atoms with Crippen molar-refractivity contribution in [3.05, 3.63) is 71.8 Å². The van der Waals surface area contributed by atoms with Crippen LogP contribution < -0.4 is 5.73 Å². The lowest BCUT2D eigenvalue weighted by Crippen LogP contribution is -2.35. The number of rotatable bonds is 5. The third kappa shape index (κ3) is 5.58. The second-order valence-corrected chi connectivity index (χ2v) is 4.55. The van der Waals surface area contributed by atoms with Crippen LogP contribution in [0.15, 0.2) is 60.7 Å². The lowest BCUT2D eigenvalue weighted by atomic mass is 9.54. The first kappa shape index (κ1) is 17.7. The monoisotopic (exact) mass is 342 g/mol. The third-order valence-electron chi connectivity index (χ3n) is 3.18. The van der Waals surface area contributed by atoms with Gasteiger partial charge in [-0.1, -0.05) is 60.7 Å². The Morgan fingerprint density at radius 2 is 1.35 bits per heavy atom. The van der Waals surface area contributed by atoms with Gasteiger partial charge in [0.25, 0.3) is 0 Å². The van der Waals surface area contributed by atoms with E-state index in [-0.39, 0.29) is 18.4 Å². The van der Waals surface area contributed by atoms with Gasteiger partial charge in [0.2, 0.25) is 0 Å². The summed E-state index contributed by atoms with van der Waals surface area (Å²) in [5.74, 6) is 0.0602. The molecule has 2 aromatic carbocycles. The minimum absolute atomic E-state index is 0.0240. The molecule has 0 heterocycles. The van der Waals surface area contributed by atoms with Crippen molar-refractivity contribution >= 4 is 39.7 Å². The maximum Gasteiger partial charge on any atom is 1.52 e. The highest BCUT2D eigenvalue weighted by atomic mass is 79.9. The van der Waals surface area contributed by atoms with E-state index in [1.807, 2.05) is 36.4 Å². The van der Waals surface area contributed by atoms with Crippen LogP contribution in [0.1, 0.15) is 16.9 Å². The minimum atomic E-state index is -0.185. The lowest BCUT2D eigenvalue weighted by molar-refractivity contribution is 0.292. The predicted molar refractivity (Wildman–Crippen MR) is 91.6 cm³/mol. The van der Waals surface area contributed by atoms with E-state index in [4.69, 9.17) is 10.8 Å². The highest BCUT2D eigenvalue weighted by Gasteiger charge is 2.18. The van der Waals surface area contributed by atoms with Gasteiger partial charge < -0.3 is 10.8 Å². The van der Waals surface area contributed by atoms with Gasteiger partial charge in [0.1, 0.15) is 0 Å². The summed E-state index contributed by atoms with van der Waals surface area (Å²) in [6.07, 6.45) is 0. The average Bonchev–Trinajstić information content (AvgIpc) is 2.56. The first-order valence-corrected chi connectivity index (χ1v) is 10.4. The van der Waals surface area contributed by atoms with Gasteiger partial charge in [0.05, 0.1) is 6.61 Å². The third-order valence-corrected chi connectivity index (χ3v) is 3.18. The molecule has 2 aromatic rings. The zero-order valence-electron chi connectivity index (χ0n) is 11.5. The first-order valence-electron chi connectivity index (χ1n) is 6.54. The first-order chi connectivity index (χ1) is 9.81. The summed E-state index contributed by atoms with van der Waals surface area (Å²) in [5.41, 5.74) is 8.38. The molecule has 20 heavy (non-hydrogen) atoms. The number of hydrogen-bond donors (Lipinski definition) is 2. The number of halogens is 1. The Morgan fingerprint density at radius 1 is 0.950 bits per heavy atom. The molecule has 0 aliphatic heterocycles. The van der Waals surface area contributed by atoms with Crippen molar-refractivity contribution in [1.82, 2.24) is 0 Å². The maximum absolute atomic E-state index is 9.15. The van der Waals surface area contributed by atoms with Gasteiger partial charge in [0.15, 0.2) is 7.28 Å². The second-order valence-electron chi connectivity index (χ2n) is 4.55. The zero-order valence-corrected chi connectivity index (χ0v) is 14.5. The Hall–Kier alpha value is -0.329. The summed E-state index contributed by atoms with van der Waals surface area (Å²) in [6, 6.07) is 20.6. The molecule has 0 aromatic heterocycles. The van der Waals surface area contributed by atoms with E-state index >= 15 is 0 Å². The molecule has 0 aliphatic rings. The van der Waals surface area contributed by atoms with Gasteiger partial charge >= 0.3 is 32.4 Å². The maximum atomic E-state index is 9.15. The number of aliphatic hydroxyl groups is 1. The molecular formula is C15H18BBrMgNO+2. The molecule has 2 rings (SSSR count). The van der Waals surface area contributed by atoms with Crippen LogP contribution in [0.4, 0.5) is 0 Å². The molecule has 5 heteroatoms. The van der Waals surface area contributed by atoms with Gasteiger partial charge in [0, 0.05) is 5.94 Å². The Kier molecular flexibility index (Phi) is 9.22. The van der Waals surface area contributed by atoms with Gasteiger partial charge in [-0.3, -0.25) is 0 Å². The quantitative estimate of drug-likeness (QED) is 0.816. The molecule has 2 nitrogen and oxygen atoms in total. The normalized spacial score (nSPS) is 11.4. The van der Waals surface area contributed by atoms with Crippen molar-refractivity contribution in [2.24, 2.45) is 5.73 Å². The summed E-state index contributed by atoms with van der Waals surface area (Å²) in [4.78, 5) is 0. The number of nitrogens with two attached hydrogens (primary N) is 1. The van der Waals surface area contributed by atoms with Crippen LogP contribution in [0.25, 0.3) is 0 Å². The minimum Gasteiger partial charge on any atom is -0.396 e. The zero-order chi connectivity index (χ0) is 14.8. The van der Waals surface area contributed by atoms with Gasteiger partial charge in [-0.2, -0.15) is 0 Å². The predicted octanol–water partition coefficient (Wildman–Crippen LogP) is 1.95. The van der Waals surface area contributed by atoms with Crippen LogP contribution in [0.5, 0.6) is 0 Å². The summed E-state index contributed by atoms with van der Waals surface area (Å²) in [6.45, 7) is 0.0240. The molecule has 7 radical (unpaired) electrons. The fourth-order valence-electron chi connectivity index (χ4n) is 2.21. The van der Waals surface area contributed by atoms with Crippen LogP contribution in [-0.2, 0) is 0 Å². The summed E-state index contributed by atoms with van der Waals surface area (Å²) in [5, 5.41) is 9.15. The van der Waals surface area contributed by atoms with Crippen molar-refractivity contribution in [2.45, 2.75) is 11.8 Å². The molecule has 0 amide bonds. The number of benzene rings is 2. The molecule has 1 unspecified atom stereocenters. The largest absolute Gasteiger partial charge is 1.52 e. The van der Waals surface area contributed by atoms with Crippen molar-refractivity contribution in [1.29, 1.82) is 0 Å². The van der Waals surface area contributed by atoms with E-state index in [1.54, 1.807) is 19.5 Å². The van der Waals surface area contributed by atoms with E-state index in [0.717, 1.165) is 7.28 Å². The fraction of sp³-hybridized carbons (Fsp3) is 0.200. The second kappa shape index (κ2) is 10.4. The van der Waals surface area contributed by atoms with Gasteiger partial charge in [-0.15, -0.1) is 0 Å². The number of aliphatic hydroxyl groups excluding tert-OH is 1. The van der Waals surface area contributed by atoms with Gasteiger partial charge in [-0.05, 0) is 16.9 Å². The van der Waals surface area contributed by atoms with Crippen molar-refractivity contribution in [2.75, 3.05) is 6.61 Å². The number of hydrogen-bond acceptors (Lipinski definition) is 2. The molecule has 99 valence electrons. The lowest BCUT2D eigenvalue weighted by Gasteiger charge is -2.19. The van der Waals surface area contributed by atoms with Crippen LogP contribution in [-0.4, -0.2) is 44.5 Å². The Balaban J connectivity index is 0.000000956. The Morgan fingerprint density at radius 3 is 1.70 bits per heavy atom. The molecule has 0 fully saturated rings. The van der Waals surface area contributed by atoms with Crippen molar-refractivity contribution in [3.8, 4) is 0 Å². The molecule has 1 atom stereocenters. The Labute approximate surface area is 140 Å². The standard InChI is InChI=1S/C15H18BNO.BrH.Mg/c17-14(11-18)16-15(12-7-3-1-4-8-12)13-9-5-2-6-10-13;;/h1-10,14-16,18H,11,17H2;1H;/q;;+3/p-1. The summed E-state index contributed by atoms with van der Waals surface area (Å²) < 4.78 is 0. The molecular weight excluding hydrogens is 325 g/mol. The van der Waals surface area contributed by atoms with Crippen molar-refractivity contribution in [3.63, 3.8) is 0 Å². The van der Waals surface area contributed by atoms with Crippen LogP contribution in [0, 0.1) is 0 Å². The molecule has 0 bridgehead atoms. The SMILES string of the molecule is NC(BC(c1ccccc1)c1ccccc1)CO.[Mg+2][Br]. The fourth-order valence-corrected chi connectivity index (χ4v) is 2.21. The highest BCUT2D eigenvalue weighted by molar-refractivity contribution is 9.22. The molecule has 0 saturated carbocycles. The Bertz CT molecular complexity index is 432.